The molecule has 0 amide bonds. The molecule has 0 bridgehead atoms. The van der Waals surface area contributed by atoms with Crippen molar-refractivity contribution in [2.75, 3.05) is 5.73 Å². The van der Waals surface area contributed by atoms with Gasteiger partial charge in [0, 0.05) is 5.69 Å². The Bertz CT molecular complexity index is 506. The van der Waals surface area contributed by atoms with E-state index in [4.69, 9.17) is 10.8 Å². The molecule has 14 heavy (non-hydrogen) atoms. The Hall–Kier alpha value is -2.03. The standard InChI is InChI=1S/C11H9NO2/c12-8-5-4-7-2-1-3-9(11(13)14)10(7)6-8/h1-6H,12H2,(H,13,14). The minimum absolute atomic E-state index is 0.287. The van der Waals surface area contributed by atoms with Crippen molar-refractivity contribution < 1.29 is 9.90 Å². The zero-order chi connectivity index (χ0) is 10.1. The van der Waals surface area contributed by atoms with Crippen molar-refractivity contribution in [2.45, 2.75) is 0 Å². The van der Waals surface area contributed by atoms with Gasteiger partial charge in [0.2, 0.25) is 0 Å². The van der Waals surface area contributed by atoms with Crippen LogP contribution in [0.25, 0.3) is 10.8 Å². The van der Waals surface area contributed by atoms with Crippen molar-refractivity contribution in [3.63, 3.8) is 0 Å². The smallest absolute Gasteiger partial charge is 0.336 e. The molecule has 2 aromatic rings. The lowest BCUT2D eigenvalue weighted by Crippen LogP contribution is -1.97. The number of anilines is 1. The number of fused-ring (bicyclic) bond motifs is 1. The van der Waals surface area contributed by atoms with Gasteiger partial charge in [-0.25, -0.2) is 4.79 Å². The number of nitrogens with two attached hydrogens (primary N) is 1. The largest absolute Gasteiger partial charge is 0.478 e. The van der Waals surface area contributed by atoms with E-state index in [1.165, 1.54) is 0 Å². The SMILES string of the molecule is Nc1ccc2cccc(C(=O)O)c2c1. The number of hydrogen-bond acceptors (Lipinski definition) is 2. The second kappa shape index (κ2) is 3.03. The fraction of sp³-hybridized carbons (Fsp3) is 0. The summed E-state index contributed by atoms with van der Waals surface area (Å²) >= 11 is 0. The molecule has 0 fully saturated rings. The molecule has 0 unspecified atom stereocenters. The van der Waals surface area contributed by atoms with Gasteiger partial charge in [-0.2, -0.15) is 0 Å². The zero-order valence-electron chi connectivity index (χ0n) is 7.40. The molecule has 0 spiro atoms. The van der Waals surface area contributed by atoms with E-state index in [-0.39, 0.29) is 5.56 Å². The Morgan fingerprint density at radius 1 is 1.21 bits per heavy atom. The van der Waals surface area contributed by atoms with Crippen molar-refractivity contribution in [2.24, 2.45) is 0 Å². The first-order valence-electron chi connectivity index (χ1n) is 4.20. The molecule has 0 aromatic heterocycles. The number of hydrogen-bond donors (Lipinski definition) is 2. The molecule has 0 aliphatic heterocycles. The first-order valence-corrected chi connectivity index (χ1v) is 4.20. The van der Waals surface area contributed by atoms with Gasteiger partial charge in [0.15, 0.2) is 0 Å². The highest BCUT2D eigenvalue weighted by Gasteiger charge is 2.07. The number of carbonyl (C=O) groups is 1. The van der Waals surface area contributed by atoms with E-state index >= 15 is 0 Å². The Morgan fingerprint density at radius 3 is 2.71 bits per heavy atom. The van der Waals surface area contributed by atoms with Crippen LogP contribution in [-0.2, 0) is 0 Å². The highest BCUT2D eigenvalue weighted by molar-refractivity contribution is 6.04. The molecule has 0 saturated heterocycles. The van der Waals surface area contributed by atoms with Crippen LogP contribution in [0.5, 0.6) is 0 Å². The number of aromatic carboxylic acids is 1. The van der Waals surface area contributed by atoms with Gasteiger partial charge < -0.3 is 10.8 Å². The molecule has 3 heteroatoms. The van der Waals surface area contributed by atoms with Gasteiger partial charge in [0.1, 0.15) is 0 Å². The highest BCUT2D eigenvalue weighted by Crippen LogP contribution is 2.21. The first-order chi connectivity index (χ1) is 6.68. The van der Waals surface area contributed by atoms with E-state index in [1.807, 2.05) is 12.1 Å². The monoisotopic (exact) mass is 187 g/mol. The van der Waals surface area contributed by atoms with Gasteiger partial charge in [-0.05, 0) is 29.0 Å². The van der Waals surface area contributed by atoms with Crippen LogP contribution in [0.1, 0.15) is 10.4 Å². The third-order valence-electron chi connectivity index (χ3n) is 2.14. The van der Waals surface area contributed by atoms with Crippen LogP contribution in [0.3, 0.4) is 0 Å². The second-order valence-corrected chi connectivity index (χ2v) is 3.09. The zero-order valence-corrected chi connectivity index (χ0v) is 7.40. The molecule has 70 valence electrons. The Balaban J connectivity index is 2.84. The van der Waals surface area contributed by atoms with E-state index in [1.54, 1.807) is 24.3 Å². The summed E-state index contributed by atoms with van der Waals surface area (Å²) in [7, 11) is 0. The molecule has 0 atom stereocenters. The molecule has 3 nitrogen and oxygen atoms in total. The van der Waals surface area contributed by atoms with Crippen molar-refractivity contribution in [3.05, 3.63) is 42.0 Å². The Morgan fingerprint density at radius 2 is 2.00 bits per heavy atom. The van der Waals surface area contributed by atoms with E-state index < -0.39 is 5.97 Å². The predicted octanol–water partition coefficient (Wildman–Crippen LogP) is 2.12. The third-order valence-corrected chi connectivity index (χ3v) is 2.14. The highest BCUT2D eigenvalue weighted by atomic mass is 16.4. The van der Waals surface area contributed by atoms with Crippen LogP contribution in [0, 0.1) is 0 Å². The molecule has 0 aliphatic rings. The predicted molar refractivity (Wildman–Crippen MR) is 55.3 cm³/mol. The molecule has 2 rings (SSSR count). The number of carboxylic acid groups (broad SMARTS) is 1. The van der Waals surface area contributed by atoms with Crippen LogP contribution in [0.4, 0.5) is 5.69 Å². The maximum Gasteiger partial charge on any atom is 0.336 e. The minimum atomic E-state index is -0.929. The molecular formula is C11H9NO2. The first kappa shape index (κ1) is 8.56. The van der Waals surface area contributed by atoms with Crippen molar-refractivity contribution in [1.82, 2.24) is 0 Å². The van der Waals surface area contributed by atoms with E-state index in [2.05, 4.69) is 0 Å². The summed E-state index contributed by atoms with van der Waals surface area (Å²) in [5.74, 6) is -0.929. The lowest BCUT2D eigenvalue weighted by molar-refractivity contribution is 0.0699. The van der Waals surface area contributed by atoms with Gasteiger partial charge >= 0.3 is 5.97 Å². The Kier molecular flexibility index (Phi) is 1.85. The van der Waals surface area contributed by atoms with Crippen LogP contribution < -0.4 is 5.73 Å². The maximum absolute atomic E-state index is 10.9. The minimum Gasteiger partial charge on any atom is -0.478 e. The topological polar surface area (TPSA) is 63.3 Å². The molecule has 0 aliphatic carbocycles. The van der Waals surface area contributed by atoms with Gasteiger partial charge in [-0.3, -0.25) is 0 Å². The summed E-state index contributed by atoms with van der Waals surface area (Å²) in [6.45, 7) is 0. The summed E-state index contributed by atoms with van der Waals surface area (Å²) < 4.78 is 0. The van der Waals surface area contributed by atoms with Crippen molar-refractivity contribution >= 4 is 22.4 Å². The third kappa shape index (κ3) is 1.29. The summed E-state index contributed by atoms with van der Waals surface area (Å²) in [5.41, 5.74) is 6.46. The van der Waals surface area contributed by atoms with Gasteiger partial charge in [0.25, 0.3) is 0 Å². The van der Waals surface area contributed by atoms with Gasteiger partial charge in [0.05, 0.1) is 5.56 Å². The average Bonchev–Trinajstić information content (AvgIpc) is 2.16. The van der Waals surface area contributed by atoms with E-state index in [9.17, 15) is 4.79 Å². The lowest BCUT2D eigenvalue weighted by Gasteiger charge is -2.02. The number of rotatable bonds is 1. The van der Waals surface area contributed by atoms with Crippen molar-refractivity contribution in [1.29, 1.82) is 0 Å². The molecule has 0 saturated carbocycles. The normalized spacial score (nSPS) is 10.3. The molecule has 0 heterocycles. The second-order valence-electron chi connectivity index (χ2n) is 3.09. The average molecular weight is 187 g/mol. The van der Waals surface area contributed by atoms with Crippen LogP contribution in [0.15, 0.2) is 36.4 Å². The fourth-order valence-electron chi connectivity index (χ4n) is 1.48. The van der Waals surface area contributed by atoms with E-state index in [0.717, 1.165) is 5.39 Å². The summed E-state index contributed by atoms with van der Waals surface area (Å²) in [6, 6.07) is 10.4. The molecule has 0 radical (unpaired) electrons. The van der Waals surface area contributed by atoms with Gasteiger partial charge in [-0.1, -0.05) is 18.2 Å². The summed E-state index contributed by atoms with van der Waals surface area (Å²) in [4.78, 5) is 10.9. The number of benzene rings is 2. The molecule has 3 N–H and O–H groups in total. The molecular weight excluding hydrogens is 178 g/mol. The summed E-state index contributed by atoms with van der Waals surface area (Å²) in [6.07, 6.45) is 0. The number of nitrogen functional groups attached to an aromatic ring is 1. The van der Waals surface area contributed by atoms with Gasteiger partial charge in [-0.15, -0.1) is 0 Å². The summed E-state index contributed by atoms with van der Waals surface area (Å²) in [5, 5.41) is 10.5. The van der Waals surface area contributed by atoms with Crippen molar-refractivity contribution in [3.8, 4) is 0 Å². The van der Waals surface area contributed by atoms with E-state index in [0.29, 0.717) is 11.1 Å². The van der Waals surface area contributed by atoms with Crippen LogP contribution in [-0.4, -0.2) is 11.1 Å². The lowest BCUT2D eigenvalue weighted by atomic mass is 10.0. The fourth-order valence-corrected chi connectivity index (χ4v) is 1.48. The molecule has 2 aromatic carbocycles. The van der Waals surface area contributed by atoms with Crippen LogP contribution >= 0.6 is 0 Å². The Labute approximate surface area is 80.8 Å². The quantitative estimate of drug-likeness (QED) is 0.672. The van der Waals surface area contributed by atoms with Crippen LogP contribution in [0.2, 0.25) is 0 Å². The maximum atomic E-state index is 10.9. The number of carboxylic acids is 1.